The van der Waals surface area contributed by atoms with Crippen LogP contribution in [-0.4, -0.2) is 11.0 Å². The van der Waals surface area contributed by atoms with Gasteiger partial charge in [-0.2, -0.15) is 13.2 Å². The molecule has 0 spiro atoms. The van der Waals surface area contributed by atoms with Gasteiger partial charge in [-0.05, 0) is 36.4 Å². The molecule has 0 radical (unpaired) electrons. The van der Waals surface area contributed by atoms with Crippen molar-refractivity contribution < 1.29 is 22.4 Å². The molecule has 0 atom stereocenters. The normalized spacial score (nSPS) is 11.6. The fourth-order valence-electron chi connectivity index (χ4n) is 2.31. The van der Waals surface area contributed by atoms with E-state index in [-0.39, 0.29) is 5.69 Å². The summed E-state index contributed by atoms with van der Waals surface area (Å²) in [5.74, 6) is -1.11. The van der Waals surface area contributed by atoms with Crippen molar-refractivity contribution in [2.24, 2.45) is 0 Å². The zero-order valence-corrected chi connectivity index (χ0v) is 13.1. The van der Waals surface area contributed by atoms with Crippen LogP contribution < -0.4 is 10.6 Å². The number of benzene rings is 2. The summed E-state index contributed by atoms with van der Waals surface area (Å²) in [4.78, 5) is 14.9. The minimum Gasteiger partial charge on any atom is -0.361 e. The van der Waals surface area contributed by atoms with Crippen molar-refractivity contribution >= 4 is 39.9 Å². The number of fused-ring (bicyclic) bond motifs is 1. The third kappa shape index (κ3) is 3.85. The van der Waals surface area contributed by atoms with Crippen molar-refractivity contribution in [2.45, 2.75) is 6.18 Å². The molecule has 2 aromatic carbocycles. The Hall–Kier alpha value is -2.74. The van der Waals surface area contributed by atoms with Crippen LogP contribution >= 0.6 is 11.6 Å². The highest BCUT2D eigenvalue weighted by atomic mass is 35.5. The van der Waals surface area contributed by atoms with Gasteiger partial charge in [-0.25, -0.2) is 9.18 Å². The molecule has 9 heteroatoms. The highest BCUT2D eigenvalue weighted by molar-refractivity contribution is 6.35. The Bertz CT molecular complexity index is 952. The van der Waals surface area contributed by atoms with Gasteiger partial charge in [0.2, 0.25) is 0 Å². The highest BCUT2D eigenvalue weighted by Crippen LogP contribution is 2.32. The van der Waals surface area contributed by atoms with Crippen LogP contribution in [0.25, 0.3) is 10.9 Å². The predicted octanol–water partition coefficient (Wildman–Crippen LogP) is 5.62. The summed E-state index contributed by atoms with van der Waals surface area (Å²) in [6.45, 7) is 0. The molecular weight excluding hydrogens is 362 g/mol. The first kappa shape index (κ1) is 17.1. The van der Waals surface area contributed by atoms with Gasteiger partial charge < -0.3 is 15.6 Å². The van der Waals surface area contributed by atoms with Crippen LogP contribution in [-0.2, 0) is 6.18 Å². The van der Waals surface area contributed by atoms with Crippen molar-refractivity contribution in [2.75, 3.05) is 10.6 Å². The second-order valence-corrected chi connectivity index (χ2v) is 5.61. The van der Waals surface area contributed by atoms with Gasteiger partial charge in [-0.3, -0.25) is 0 Å². The van der Waals surface area contributed by atoms with E-state index in [0.717, 1.165) is 11.5 Å². The number of aromatic nitrogens is 1. The second-order valence-electron chi connectivity index (χ2n) is 5.20. The first-order chi connectivity index (χ1) is 11.7. The zero-order chi connectivity index (χ0) is 18.2. The monoisotopic (exact) mass is 371 g/mol. The topological polar surface area (TPSA) is 56.9 Å². The van der Waals surface area contributed by atoms with E-state index in [1.54, 1.807) is 18.3 Å². The smallest absolute Gasteiger partial charge is 0.361 e. The number of amides is 2. The molecule has 1 aromatic heterocycles. The number of rotatable bonds is 2. The van der Waals surface area contributed by atoms with E-state index >= 15 is 0 Å². The average Bonchev–Trinajstić information content (AvgIpc) is 2.94. The molecule has 0 aliphatic heterocycles. The maximum absolute atomic E-state index is 13.3. The summed E-state index contributed by atoms with van der Waals surface area (Å²) in [6.07, 6.45) is -3.05. The molecule has 0 bridgehead atoms. The molecule has 4 nitrogen and oxygen atoms in total. The van der Waals surface area contributed by atoms with E-state index in [1.165, 1.54) is 6.07 Å². The van der Waals surface area contributed by atoms with Crippen LogP contribution in [0.3, 0.4) is 0 Å². The first-order valence-corrected chi connectivity index (χ1v) is 7.32. The van der Waals surface area contributed by atoms with E-state index in [9.17, 15) is 22.4 Å². The van der Waals surface area contributed by atoms with Crippen molar-refractivity contribution in [3.8, 4) is 0 Å². The van der Waals surface area contributed by atoms with Gasteiger partial charge in [-0.1, -0.05) is 11.6 Å². The van der Waals surface area contributed by atoms with E-state index in [1.807, 2.05) is 0 Å². The van der Waals surface area contributed by atoms with Gasteiger partial charge in [0.15, 0.2) is 0 Å². The number of urea groups is 1. The average molecular weight is 372 g/mol. The fourth-order valence-corrected chi connectivity index (χ4v) is 2.59. The molecule has 2 amide bonds. The Morgan fingerprint density at radius 3 is 2.40 bits per heavy atom. The SMILES string of the molecule is O=C(Nc1cc(F)cc(C(F)(F)F)c1)Nc1cc(Cl)c2cc[nH]c2c1. The molecular formula is C16H10ClF4N3O. The molecule has 25 heavy (non-hydrogen) atoms. The number of halogens is 5. The third-order valence-electron chi connectivity index (χ3n) is 3.36. The lowest BCUT2D eigenvalue weighted by atomic mass is 10.2. The van der Waals surface area contributed by atoms with Crippen molar-refractivity contribution in [1.82, 2.24) is 4.98 Å². The van der Waals surface area contributed by atoms with Gasteiger partial charge in [0.05, 0.1) is 10.6 Å². The summed E-state index contributed by atoms with van der Waals surface area (Å²) < 4.78 is 51.4. The van der Waals surface area contributed by atoms with Gasteiger partial charge >= 0.3 is 12.2 Å². The third-order valence-corrected chi connectivity index (χ3v) is 3.67. The van der Waals surface area contributed by atoms with Crippen LogP contribution in [0.5, 0.6) is 0 Å². The maximum Gasteiger partial charge on any atom is 0.416 e. The Morgan fingerprint density at radius 2 is 1.72 bits per heavy atom. The number of anilines is 2. The number of nitrogens with one attached hydrogen (secondary N) is 3. The number of alkyl halides is 3. The van der Waals surface area contributed by atoms with Crippen molar-refractivity contribution in [3.05, 3.63) is 59.0 Å². The van der Waals surface area contributed by atoms with E-state index < -0.39 is 23.6 Å². The lowest BCUT2D eigenvalue weighted by molar-refractivity contribution is -0.137. The van der Waals surface area contributed by atoms with Gasteiger partial charge in [-0.15, -0.1) is 0 Å². The largest absolute Gasteiger partial charge is 0.416 e. The van der Waals surface area contributed by atoms with E-state index in [2.05, 4.69) is 15.6 Å². The van der Waals surface area contributed by atoms with E-state index in [0.29, 0.717) is 28.4 Å². The molecule has 0 fully saturated rings. The van der Waals surface area contributed by atoms with Gasteiger partial charge in [0, 0.05) is 28.5 Å². The fraction of sp³-hybridized carbons (Fsp3) is 0.0625. The predicted molar refractivity (Wildman–Crippen MR) is 87.4 cm³/mol. The molecule has 1 heterocycles. The molecule has 3 rings (SSSR count). The lowest BCUT2D eigenvalue weighted by Gasteiger charge is -2.11. The molecule has 130 valence electrons. The highest BCUT2D eigenvalue weighted by Gasteiger charge is 2.31. The number of carbonyl (C=O) groups is 1. The number of aromatic amines is 1. The van der Waals surface area contributed by atoms with Crippen LogP contribution in [0.2, 0.25) is 5.02 Å². The summed E-state index contributed by atoms with van der Waals surface area (Å²) in [7, 11) is 0. The van der Waals surface area contributed by atoms with Crippen LogP contribution in [0.15, 0.2) is 42.6 Å². The number of H-pyrrole nitrogens is 1. The van der Waals surface area contributed by atoms with E-state index in [4.69, 9.17) is 11.6 Å². The summed E-state index contributed by atoms with van der Waals surface area (Å²) in [5, 5.41) is 5.74. The molecule has 0 unspecified atom stereocenters. The Kier molecular flexibility index (Phi) is 4.30. The van der Waals surface area contributed by atoms with Crippen molar-refractivity contribution in [3.63, 3.8) is 0 Å². The lowest BCUT2D eigenvalue weighted by Crippen LogP contribution is -2.20. The first-order valence-electron chi connectivity index (χ1n) is 6.95. The second kappa shape index (κ2) is 6.29. The van der Waals surface area contributed by atoms with Crippen LogP contribution in [0.1, 0.15) is 5.56 Å². The molecule has 0 saturated carbocycles. The number of hydrogen-bond acceptors (Lipinski definition) is 1. The molecule has 3 aromatic rings. The van der Waals surface area contributed by atoms with Gasteiger partial charge in [0.25, 0.3) is 0 Å². The Balaban J connectivity index is 1.79. The summed E-state index contributed by atoms with van der Waals surface area (Å²) >= 11 is 6.07. The number of hydrogen-bond donors (Lipinski definition) is 3. The van der Waals surface area contributed by atoms with Gasteiger partial charge in [0.1, 0.15) is 5.82 Å². The van der Waals surface area contributed by atoms with Crippen molar-refractivity contribution in [1.29, 1.82) is 0 Å². The minimum atomic E-state index is -4.72. The molecule has 0 aliphatic carbocycles. The van der Waals surface area contributed by atoms with Crippen LogP contribution in [0, 0.1) is 5.82 Å². The number of carbonyl (C=O) groups excluding carboxylic acids is 1. The van der Waals surface area contributed by atoms with Crippen LogP contribution in [0.4, 0.5) is 33.7 Å². The Labute approximate surface area is 143 Å². The quantitative estimate of drug-likeness (QED) is 0.503. The Morgan fingerprint density at radius 1 is 1.04 bits per heavy atom. The zero-order valence-electron chi connectivity index (χ0n) is 12.3. The molecule has 3 N–H and O–H groups in total. The summed E-state index contributed by atoms with van der Waals surface area (Å²) in [5.41, 5.74) is -0.520. The minimum absolute atomic E-state index is 0.322. The molecule has 0 saturated heterocycles. The molecule has 0 aliphatic rings. The maximum atomic E-state index is 13.3. The standard InChI is InChI=1S/C16H10ClF4N3O/c17-13-6-11(7-14-12(13)1-2-22-14)24-15(25)23-10-4-8(16(19,20)21)3-9(18)5-10/h1-7,22H,(H2,23,24,25). The summed E-state index contributed by atoms with van der Waals surface area (Å²) in [6, 6.07) is 5.80.